The highest BCUT2D eigenvalue weighted by atomic mass is 19.3. The normalized spacial score (nSPS) is 16.7. The lowest BCUT2D eigenvalue weighted by molar-refractivity contribution is -0.0495. The average Bonchev–Trinajstić information content (AvgIpc) is 3.14. The summed E-state index contributed by atoms with van der Waals surface area (Å²) >= 11 is 0. The molecular formula is C30H34F3N7O4. The highest BCUT2D eigenvalue weighted by Crippen LogP contribution is 2.41. The van der Waals surface area contributed by atoms with Crippen molar-refractivity contribution in [1.29, 1.82) is 0 Å². The minimum atomic E-state index is -3.11. The fraction of sp³-hybridized carbons (Fsp3) is 0.433. The number of piperazine rings is 1. The SMILES string of the molecule is CN1CCN(c2cc(Nc3ncc(F)c(-c4ccc5c(c4)C(=O)N(C(=O)OC(C)(C)C)C5(C)C)n3)c(OC(F)F)cn2)CC1. The topological polar surface area (TPSA) is 113 Å². The quantitative estimate of drug-likeness (QED) is 0.388. The third-order valence-electron chi connectivity index (χ3n) is 7.41. The molecule has 0 atom stereocenters. The minimum absolute atomic E-state index is 0.0985. The van der Waals surface area contributed by atoms with Crippen molar-refractivity contribution in [1.82, 2.24) is 24.8 Å². The third kappa shape index (κ3) is 6.25. The molecule has 2 aliphatic rings. The van der Waals surface area contributed by atoms with Gasteiger partial charge in [0.1, 0.15) is 17.1 Å². The number of rotatable bonds is 6. The van der Waals surface area contributed by atoms with Crippen molar-refractivity contribution in [3.8, 4) is 17.0 Å². The number of anilines is 3. The predicted octanol–water partition coefficient (Wildman–Crippen LogP) is 5.40. The summed E-state index contributed by atoms with van der Waals surface area (Å²) in [5.41, 5.74) is -0.855. The van der Waals surface area contributed by atoms with E-state index >= 15 is 4.39 Å². The standard InChI is InChI=1S/C30H34F3N7O4/c1-29(2,3)44-28(42)40-25(41)18-13-17(7-8-19(18)30(40,4)5)24-20(31)15-35-27(37-24)36-21-14-23(34-16-22(21)43-26(32)33)39-11-9-38(6)10-12-39/h7-8,13-16,26H,9-12H2,1-6H3,(H,34,35,36,37). The van der Waals surface area contributed by atoms with Crippen LogP contribution in [0.5, 0.6) is 5.75 Å². The van der Waals surface area contributed by atoms with E-state index in [0.717, 1.165) is 24.2 Å². The zero-order valence-electron chi connectivity index (χ0n) is 25.3. The molecule has 234 valence electrons. The number of alkyl halides is 2. The molecule has 14 heteroatoms. The number of nitrogens with zero attached hydrogens (tertiary/aromatic N) is 6. The Morgan fingerprint density at radius 1 is 1.07 bits per heavy atom. The fourth-order valence-electron chi connectivity index (χ4n) is 5.19. The molecule has 2 amide bonds. The van der Waals surface area contributed by atoms with E-state index in [0.29, 0.717) is 24.5 Å². The lowest BCUT2D eigenvalue weighted by Crippen LogP contribution is -2.46. The zero-order chi connectivity index (χ0) is 32.0. The third-order valence-corrected chi connectivity index (χ3v) is 7.41. The van der Waals surface area contributed by atoms with Crippen LogP contribution in [0.3, 0.4) is 0 Å². The van der Waals surface area contributed by atoms with E-state index in [9.17, 15) is 18.4 Å². The number of imide groups is 1. The molecule has 1 N–H and O–H groups in total. The molecule has 44 heavy (non-hydrogen) atoms. The first-order valence-electron chi connectivity index (χ1n) is 14.0. The smallest absolute Gasteiger partial charge is 0.418 e. The molecule has 1 saturated heterocycles. The number of likely N-dealkylation sites (N-methyl/N-ethyl adjacent to an activating group) is 1. The maximum absolute atomic E-state index is 15.1. The monoisotopic (exact) mass is 613 g/mol. The number of hydrogen-bond donors (Lipinski definition) is 1. The molecule has 3 aromatic rings. The van der Waals surface area contributed by atoms with Crippen LogP contribution in [-0.4, -0.2) is 82.2 Å². The van der Waals surface area contributed by atoms with Crippen LogP contribution in [0.1, 0.15) is 50.5 Å². The van der Waals surface area contributed by atoms with Gasteiger partial charge in [-0.25, -0.2) is 29.0 Å². The minimum Gasteiger partial charge on any atom is -0.443 e. The van der Waals surface area contributed by atoms with E-state index in [-0.39, 0.29) is 34.2 Å². The van der Waals surface area contributed by atoms with Gasteiger partial charge in [0.15, 0.2) is 11.6 Å². The van der Waals surface area contributed by atoms with Gasteiger partial charge in [-0.05, 0) is 53.3 Å². The molecule has 0 bridgehead atoms. The predicted molar refractivity (Wildman–Crippen MR) is 157 cm³/mol. The number of benzene rings is 1. The molecule has 1 fully saturated rings. The van der Waals surface area contributed by atoms with Crippen LogP contribution in [0.4, 0.5) is 35.4 Å². The Bertz CT molecular complexity index is 1590. The van der Waals surface area contributed by atoms with E-state index in [1.54, 1.807) is 52.8 Å². The summed E-state index contributed by atoms with van der Waals surface area (Å²) in [7, 11) is 2.01. The van der Waals surface area contributed by atoms with Gasteiger partial charge in [0.2, 0.25) is 5.95 Å². The number of carbonyl (C=O) groups is 2. The summed E-state index contributed by atoms with van der Waals surface area (Å²) in [6, 6.07) is 6.24. The van der Waals surface area contributed by atoms with E-state index in [4.69, 9.17) is 4.74 Å². The zero-order valence-corrected chi connectivity index (χ0v) is 25.3. The average molecular weight is 614 g/mol. The van der Waals surface area contributed by atoms with Crippen LogP contribution in [0.2, 0.25) is 0 Å². The van der Waals surface area contributed by atoms with Crippen molar-refractivity contribution in [2.24, 2.45) is 0 Å². The number of hydrogen-bond acceptors (Lipinski definition) is 10. The molecular weight excluding hydrogens is 579 g/mol. The number of carbonyl (C=O) groups excluding carboxylic acids is 2. The summed E-state index contributed by atoms with van der Waals surface area (Å²) < 4.78 is 51.6. The summed E-state index contributed by atoms with van der Waals surface area (Å²) in [5.74, 6) is -1.16. The van der Waals surface area contributed by atoms with Gasteiger partial charge in [0.25, 0.3) is 5.91 Å². The number of pyridine rings is 1. The molecule has 5 rings (SSSR count). The number of fused-ring (bicyclic) bond motifs is 1. The Balaban J connectivity index is 1.46. The Labute approximate surface area is 253 Å². The van der Waals surface area contributed by atoms with Crippen molar-refractivity contribution < 1.29 is 32.2 Å². The first kappa shape index (κ1) is 31.0. The number of aromatic nitrogens is 3. The molecule has 0 saturated carbocycles. The van der Waals surface area contributed by atoms with E-state index in [1.165, 1.54) is 12.3 Å². The fourth-order valence-corrected chi connectivity index (χ4v) is 5.19. The van der Waals surface area contributed by atoms with Crippen molar-refractivity contribution in [2.75, 3.05) is 43.4 Å². The number of ether oxygens (including phenoxy) is 2. The van der Waals surface area contributed by atoms with Crippen molar-refractivity contribution in [2.45, 2.75) is 52.4 Å². The van der Waals surface area contributed by atoms with Crippen molar-refractivity contribution in [3.05, 3.63) is 53.6 Å². The Hall–Kier alpha value is -4.46. The second-order valence-electron chi connectivity index (χ2n) is 12.2. The van der Waals surface area contributed by atoms with Gasteiger partial charge in [0.05, 0.1) is 23.6 Å². The van der Waals surface area contributed by atoms with Gasteiger partial charge in [0, 0.05) is 43.4 Å². The number of halogens is 3. The number of amides is 2. The van der Waals surface area contributed by atoms with Crippen LogP contribution in [0, 0.1) is 5.82 Å². The van der Waals surface area contributed by atoms with Crippen LogP contribution >= 0.6 is 0 Å². The summed E-state index contributed by atoms with van der Waals surface area (Å²) in [5, 5.41) is 2.86. The molecule has 0 spiro atoms. The van der Waals surface area contributed by atoms with Crippen LogP contribution < -0.4 is 15.0 Å². The van der Waals surface area contributed by atoms with Gasteiger partial charge in [-0.1, -0.05) is 12.1 Å². The lowest BCUT2D eigenvalue weighted by atomic mass is 9.92. The van der Waals surface area contributed by atoms with Crippen LogP contribution in [0.25, 0.3) is 11.3 Å². The molecule has 2 aromatic heterocycles. The first-order chi connectivity index (χ1) is 20.6. The van der Waals surface area contributed by atoms with E-state index in [2.05, 4.69) is 29.9 Å². The van der Waals surface area contributed by atoms with E-state index < -0.39 is 35.6 Å². The summed E-state index contributed by atoms with van der Waals surface area (Å²) in [4.78, 5) is 44.2. The molecule has 2 aliphatic heterocycles. The molecule has 4 heterocycles. The molecule has 11 nitrogen and oxygen atoms in total. The van der Waals surface area contributed by atoms with Gasteiger partial charge in [-0.15, -0.1) is 0 Å². The van der Waals surface area contributed by atoms with Crippen molar-refractivity contribution >= 4 is 29.5 Å². The highest BCUT2D eigenvalue weighted by Gasteiger charge is 2.48. The highest BCUT2D eigenvalue weighted by molar-refractivity contribution is 6.08. The Morgan fingerprint density at radius 3 is 2.43 bits per heavy atom. The molecule has 0 radical (unpaired) electrons. The maximum Gasteiger partial charge on any atom is 0.418 e. The van der Waals surface area contributed by atoms with Crippen LogP contribution in [0.15, 0.2) is 36.7 Å². The van der Waals surface area contributed by atoms with Gasteiger partial charge in [-0.2, -0.15) is 8.78 Å². The van der Waals surface area contributed by atoms with E-state index in [1.807, 2.05) is 11.9 Å². The number of nitrogens with one attached hydrogen (secondary N) is 1. The second kappa shape index (κ2) is 11.6. The summed E-state index contributed by atoms with van der Waals surface area (Å²) in [6.07, 6.45) is 1.34. The maximum atomic E-state index is 15.1. The molecule has 0 aliphatic carbocycles. The van der Waals surface area contributed by atoms with Gasteiger partial charge >= 0.3 is 12.7 Å². The van der Waals surface area contributed by atoms with Gasteiger partial charge in [-0.3, -0.25) is 4.79 Å². The van der Waals surface area contributed by atoms with Crippen LogP contribution in [-0.2, 0) is 10.3 Å². The Morgan fingerprint density at radius 2 is 1.77 bits per heavy atom. The van der Waals surface area contributed by atoms with Gasteiger partial charge < -0.3 is 24.6 Å². The summed E-state index contributed by atoms with van der Waals surface area (Å²) in [6.45, 7) is 8.43. The Kier molecular flexibility index (Phi) is 8.14. The molecule has 0 unspecified atom stereocenters. The lowest BCUT2D eigenvalue weighted by Gasteiger charge is -2.33. The molecule has 1 aromatic carbocycles. The second-order valence-corrected chi connectivity index (χ2v) is 12.2. The first-order valence-corrected chi connectivity index (χ1v) is 14.0. The van der Waals surface area contributed by atoms with Crippen molar-refractivity contribution in [3.63, 3.8) is 0 Å². The largest absolute Gasteiger partial charge is 0.443 e.